The summed E-state index contributed by atoms with van der Waals surface area (Å²) in [4.78, 5) is 0. The summed E-state index contributed by atoms with van der Waals surface area (Å²) < 4.78 is 2.53. The van der Waals surface area contributed by atoms with Gasteiger partial charge in [0.25, 0.3) is 0 Å². The standard InChI is InChI=1S/C20H13N.C18H12.C14H14.3C13H10.C9H8.2C6H6.2C3H8.C2H6/c1-4-12-10-14-6-2-8-16-17-9-3-7-15-11-13(5-1)18(12)21(19(14)16)20(15)17;1-2-8-14-13(7-1)15-9-3-4-11-17(15)18-12-6-5-10-16(14)18;1-2-6-12-10-14-8-4-3-7-13(14)9-11(12)5-1;3*1-3-7-12-10(5-1)9-11-6-2-4-8-13(11)12;1-2-5-9-7-3-6-8(9)4-1;2*1-2-4-6-5-3-1;2*1-3-2;1-2/h1-9H,10-11H2;1-12H;1-8,11-12H,9-10H2;3*1-8H,9H2;1-6H,7H2;2*1-6H;2*3H2,1-2H3;1-2H3. The highest BCUT2D eigenvalue weighted by Gasteiger charge is 2.29. The Hall–Kier alpha value is -13.5. The van der Waals surface area contributed by atoms with Crippen molar-refractivity contribution >= 4 is 60.2 Å². The maximum absolute atomic E-state index is 2.53. The molecule has 26 rings (SSSR count). The Morgan fingerprint density at radius 2 is 0.446 bits per heavy atom. The van der Waals surface area contributed by atoms with E-state index in [-0.39, 0.29) is 0 Å². The Labute approximate surface area is 719 Å². The molecule has 2 atom stereocenters. The first-order valence-corrected chi connectivity index (χ1v) is 44.0. The van der Waals surface area contributed by atoms with E-state index in [0.717, 1.165) is 50.4 Å². The molecule has 0 saturated heterocycles. The van der Waals surface area contributed by atoms with Gasteiger partial charge in [-0.2, -0.15) is 0 Å². The van der Waals surface area contributed by atoms with Crippen LogP contribution in [0, 0.1) is 11.8 Å². The zero-order valence-electron chi connectivity index (χ0n) is 71.2. The van der Waals surface area contributed by atoms with Crippen molar-refractivity contribution in [3.8, 4) is 39.1 Å². The molecule has 6 aliphatic carbocycles. The molecule has 2 unspecified atom stereocenters. The topological polar surface area (TPSA) is 4.93 Å². The molecule has 1 nitrogen and oxygen atoms in total. The fourth-order valence-corrected chi connectivity index (χ4v) is 18.1. The first-order valence-electron chi connectivity index (χ1n) is 44.0. The fraction of sp³-hybridized carbons (Fsp3) is 0.150. The molecule has 1 heteroatoms. The van der Waals surface area contributed by atoms with E-state index in [2.05, 4.69) is 390 Å². The van der Waals surface area contributed by atoms with Gasteiger partial charge in [-0.3, -0.25) is 0 Å². The lowest BCUT2D eigenvalue weighted by atomic mass is 9.74. The van der Waals surface area contributed by atoms with Gasteiger partial charge >= 0.3 is 0 Å². The molecule has 8 aliphatic rings. The highest BCUT2D eigenvalue weighted by molar-refractivity contribution is 6.25. The molecule has 596 valence electrons. The lowest BCUT2D eigenvalue weighted by Gasteiger charge is -2.30. The van der Waals surface area contributed by atoms with Crippen LogP contribution in [0.1, 0.15) is 132 Å². The van der Waals surface area contributed by atoms with Gasteiger partial charge in [0, 0.05) is 23.6 Å². The van der Waals surface area contributed by atoms with Gasteiger partial charge in [0.1, 0.15) is 0 Å². The third-order valence-corrected chi connectivity index (χ3v) is 23.4. The summed E-state index contributed by atoms with van der Waals surface area (Å²) in [6, 6.07) is 140. The van der Waals surface area contributed by atoms with Gasteiger partial charge in [-0.1, -0.05) is 485 Å². The number of hydrogen-bond donors (Lipinski definition) is 0. The number of aromatic nitrogens is 1. The normalized spacial score (nSPS) is 13.6. The molecule has 17 aromatic carbocycles. The van der Waals surface area contributed by atoms with Crippen molar-refractivity contribution in [3.63, 3.8) is 0 Å². The van der Waals surface area contributed by atoms with Gasteiger partial charge in [-0.05, 0) is 194 Å². The average Bonchev–Trinajstić information content (AvgIpc) is 1.54. The molecule has 0 amide bonds. The van der Waals surface area contributed by atoms with Crippen LogP contribution in [0.15, 0.2) is 425 Å². The molecule has 1 aromatic heterocycles. The minimum Gasteiger partial charge on any atom is -0.308 e. The third-order valence-electron chi connectivity index (χ3n) is 23.4. The maximum Gasteiger partial charge on any atom is 0.0576 e. The summed E-state index contributed by atoms with van der Waals surface area (Å²) in [5, 5.41) is 10.9. The smallest absolute Gasteiger partial charge is 0.0576 e. The second-order valence-corrected chi connectivity index (χ2v) is 31.7. The fourth-order valence-electron chi connectivity index (χ4n) is 18.1. The van der Waals surface area contributed by atoms with Crippen LogP contribution in [0.2, 0.25) is 0 Å². The second-order valence-electron chi connectivity index (χ2n) is 31.7. The van der Waals surface area contributed by atoms with Crippen LogP contribution in [0.5, 0.6) is 0 Å². The molecule has 0 bridgehead atoms. The largest absolute Gasteiger partial charge is 0.308 e. The van der Waals surface area contributed by atoms with Gasteiger partial charge < -0.3 is 4.57 Å². The van der Waals surface area contributed by atoms with Crippen molar-refractivity contribution in [2.75, 3.05) is 0 Å². The monoisotopic (exact) mass is 1570 g/mol. The van der Waals surface area contributed by atoms with Gasteiger partial charge in [-0.15, -0.1) is 0 Å². The van der Waals surface area contributed by atoms with Crippen LogP contribution in [-0.4, -0.2) is 4.57 Å². The van der Waals surface area contributed by atoms with E-state index in [0.29, 0.717) is 0 Å². The Morgan fingerprint density at radius 1 is 0.223 bits per heavy atom. The van der Waals surface area contributed by atoms with E-state index >= 15 is 0 Å². The lowest BCUT2D eigenvalue weighted by Crippen LogP contribution is -2.23. The van der Waals surface area contributed by atoms with E-state index in [9.17, 15) is 0 Å². The second kappa shape index (κ2) is 41.3. The van der Waals surface area contributed by atoms with E-state index in [1.807, 2.05) is 86.6 Å². The number of allylic oxidation sites excluding steroid dienone is 5. The van der Waals surface area contributed by atoms with E-state index in [4.69, 9.17) is 0 Å². The first-order chi connectivity index (χ1) is 59.9. The van der Waals surface area contributed by atoms with Crippen LogP contribution < -0.4 is 0 Å². The molecule has 0 fully saturated rings. The number of para-hydroxylation sites is 3. The summed E-state index contributed by atoms with van der Waals surface area (Å²) in [5.74, 6) is 1.49. The Kier molecular flexibility index (Phi) is 28.2. The number of benzene rings is 17. The predicted octanol–water partition coefficient (Wildman–Crippen LogP) is 32.1. The maximum atomic E-state index is 2.53. The van der Waals surface area contributed by atoms with Crippen LogP contribution in [-0.2, 0) is 51.4 Å². The summed E-state index contributed by atoms with van der Waals surface area (Å²) in [6.07, 6.45) is 25.0. The molecule has 2 aliphatic heterocycles. The number of rotatable bonds is 0. The molecule has 3 heterocycles. The molecule has 0 radical (unpaired) electrons. The number of hydrogen-bond acceptors (Lipinski definition) is 0. The summed E-state index contributed by atoms with van der Waals surface area (Å²) in [5.41, 5.74) is 33.4. The molecule has 18 aromatic rings. The van der Waals surface area contributed by atoms with Crippen LogP contribution in [0.3, 0.4) is 0 Å². The van der Waals surface area contributed by atoms with Crippen molar-refractivity contribution < 1.29 is 0 Å². The van der Waals surface area contributed by atoms with Crippen LogP contribution >= 0.6 is 0 Å². The van der Waals surface area contributed by atoms with Crippen LogP contribution in [0.25, 0.3) is 99.3 Å². The molecule has 0 N–H and O–H groups in total. The van der Waals surface area contributed by atoms with Gasteiger partial charge in [0.2, 0.25) is 0 Å². The summed E-state index contributed by atoms with van der Waals surface area (Å²) >= 11 is 0. The Balaban J connectivity index is 0.000000107. The molecule has 0 spiro atoms. The summed E-state index contributed by atoms with van der Waals surface area (Å²) in [7, 11) is 0. The first kappa shape index (κ1) is 82.6. The van der Waals surface area contributed by atoms with E-state index < -0.39 is 0 Å². The van der Waals surface area contributed by atoms with Crippen LogP contribution in [0.4, 0.5) is 0 Å². The zero-order chi connectivity index (χ0) is 82.9. The number of fused-ring (bicyclic) bond motifs is 19. The quantitative estimate of drug-likeness (QED) is 0.133. The highest BCUT2D eigenvalue weighted by Crippen LogP contribution is 2.46. The van der Waals surface area contributed by atoms with Crippen molar-refractivity contribution in [1.82, 2.24) is 4.57 Å². The minimum absolute atomic E-state index is 0.745. The SMILES string of the molecule is C1=CC2Cc3ccccc3CC2C=C1.C1=Cc2ccccc2C1.CC.CCC.CCC.c1cc2c3c(c1)Cc1cccc4c5cccc(c5n-3c14)C2.c1ccc2c(c1)Cc1ccccc1-2.c1ccc2c(c1)Cc1ccccc1-2.c1ccc2c(c1)Cc1ccccc1-2.c1ccc2c(c1)c1ccccc1c1ccccc21.c1ccccc1.c1ccccc1. The summed E-state index contributed by atoms with van der Waals surface area (Å²) in [6.45, 7) is 12.5. The molecule has 0 saturated carbocycles. The highest BCUT2D eigenvalue weighted by atomic mass is 15.0. The van der Waals surface area contributed by atoms with E-state index in [1.54, 1.807) is 11.1 Å². The van der Waals surface area contributed by atoms with Crippen molar-refractivity contribution in [1.29, 1.82) is 0 Å². The molecular weight excluding hydrogens is 1460 g/mol. The molecule has 121 heavy (non-hydrogen) atoms. The Bertz CT molecular complexity index is 5790. The van der Waals surface area contributed by atoms with Crippen molar-refractivity contribution in [2.24, 2.45) is 11.8 Å². The van der Waals surface area contributed by atoms with Gasteiger partial charge in [-0.25, -0.2) is 0 Å². The average molecular weight is 1570 g/mol. The zero-order valence-corrected chi connectivity index (χ0v) is 71.2. The van der Waals surface area contributed by atoms with E-state index in [1.165, 1.54) is 186 Å². The molecular formula is C120H111N. The number of nitrogens with zero attached hydrogens (tertiary/aromatic N) is 1. The van der Waals surface area contributed by atoms with Gasteiger partial charge in [0.15, 0.2) is 0 Å². The lowest BCUT2D eigenvalue weighted by molar-refractivity contribution is 0.437. The minimum atomic E-state index is 0.745. The van der Waals surface area contributed by atoms with Gasteiger partial charge in [0.05, 0.1) is 16.7 Å². The third kappa shape index (κ3) is 19.2. The predicted molar refractivity (Wildman–Crippen MR) is 524 cm³/mol. The van der Waals surface area contributed by atoms with Crippen molar-refractivity contribution in [2.45, 2.75) is 106 Å². The van der Waals surface area contributed by atoms with Crippen molar-refractivity contribution in [3.05, 3.63) is 503 Å². The Morgan fingerprint density at radius 3 is 0.744 bits per heavy atom.